The Morgan fingerprint density at radius 3 is 3.22 bits per heavy atom. The Bertz CT molecular complexity index is 584. The van der Waals surface area contributed by atoms with Gasteiger partial charge in [-0.15, -0.1) is 0 Å². The number of H-pyrrole nitrogens is 1. The Kier molecular flexibility index (Phi) is 3.04. The summed E-state index contributed by atoms with van der Waals surface area (Å²) < 4.78 is 10.3. The molecule has 0 radical (unpaired) electrons. The lowest BCUT2D eigenvalue weighted by Crippen LogP contribution is -2.45. The summed E-state index contributed by atoms with van der Waals surface area (Å²) in [6.45, 7) is 3.17. The van der Waals surface area contributed by atoms with Crippen molar-refractivity contribution in [3.05, 3.63) is 28.7 Å². The molecular formula is C12H15N3O3. The largest absolute Gasteiger partial charge is 0.417 e. The summed E-state index contributed by atoms with van der Waals surface area (Å²) >= 11 is 0. The summed E-state index contributed by atoms with van der Waals surface area (Å²) in [6, 6.07) is 5.85. The average Bonchev–Trinajstić information content (AvgIpc) is 2.77. The molecule has 2 heterocycles. The molecule has 3 rings (SSSR count). The maximum absolute atomic E-state index is 11.0. The number of fused-ring (bicyclic) bond motifs is 1. The van der Waals surface area contributed by atoms with Crippen LogP contribution in [0, 0.1) is 0 Å². The van der Waals surface area contributed by atoms with Crippen molar-refractivity contribution >= 4 is 16.8 Å². The van der Waals surface area contributed by atoms with Gasteiger partial charge in [-0.1, -0.05) is 0 Å². The molecule has 0 spiro atoms. The van der Waals surface area contributed by atoms with Gasteiger partial charge in [0.25, 0.3) is 0 Å². The molecule has 3 N–H and O–H groups in total. The van der Waals surface area contributed by atoms with Gasteiger partial charge in [-0.3, -0.25) is 4.98 Å². The van der Waals surface area contributed by atoms with Gasteiger partial charge in [0.05, 0.1) is 18.7 Å². The molecule has 96 valence electrons. The zero-order valence-corrected chi connectivity index (χ0v) is 9.86. The number of morpholine rings is 1. The van der Waals surface area contributed by atoms with Gasteiger partial charge < -0.3 is 19.8 Å². The van der Waals surface area contributed by atoms with Crippen molar-refractivity contribution in [2.24, 2.45) is 0 Å². The maximum atomic E-state index is 11.0. The van der Waals surface area contributed by atoms with E-state index < -0.39 is 5.76 Å². The van der Waals surface area contributed by atoms with Crippen LogP contribution in [0.2, 0.25) is 0 Å². The zero-order chi connectivity index (χ0) is 12.4. The van der Waals surface area contributed by atoms with Crippen molar-refractivity contribution in [3.63, 3.8) is 0 Å². The highest BCUT2D eigenvalue weighted by Gasteiger charge is 2.12. The number of hydrogen-bond acceptors (Lipinski definition) is 5. The van der Waals surface area contributed by atoms with Crippen LogP contribution in [0.1, 0.15) is 0 Å². The molecule has 0 aliphatic carbocycles. The highest BCUT2D eigenvalue weighted by Crippen LogP contribution is 2.16. The van der Waals surface area contributed by atoms with Crippen LogP contribution in [-0.2, 0) is 4.74 Å². The zero-order valence-electron chi connectivity index (χ0n) is 9.86. The standard InChI is InChI=1S/C12H15N3O3/c16-12-15-10-5-8(1-2-11(10)18-12)14-6-9-7-17-4-3-13-9/h1-2,5,9,13-14H,3-4,6-7H2,(H,15,16). The summed E-state index contributed by atoms with van der Waals surface area (Å²) in [5.74, 6) is -0.426. The first-order chi connectivity index (χ1) is 8.81. The third kappa shape index (κ3) is 2.39. The van der Waals surface area contributed by atoms with Crippen LogP contribution < -0.4 is 16.4 Å². The molecule has 1 saturated heterocycles. The summed E-state index contributed by atoms with van der Waals surface area (Å²) in [7, 11) is 0. The SMILES string of the molecule is O=c1[nH]c2cc(NCC3COCCN3)ccc2o1. The number of aromatic nitrogens is 1. The first kappa shape index (κ1) is 11.3. The minimum atomic E-state index is -0.426. The van der Waals surface area contributed by atoms with Gasteiger partial charge in [0, 0.05) is 24.8 Å². The van der Waals surface area contributed by atoms with Gasteiger partial charge in [-0.25, -0.2) is 4.79 Å². The van der Waals surface area contributed by atoms with Crippen LogP contribution in [0.5, 0.6) is 0 Å². The fraction of sp³-hybridized carbons (Fsp3) is 0.417. The lowest BCUT2D eigenvalue weighted by Gasteiger charge is -2.24. The lowest BCUT2D eigenvalue weighted by molar-refractivity contribution is 0.0806. The number of oxazole rings is 1. The number of hydrogen-bond donors (Lipinski definition) is 3. The monoisotopic (exact) mass is 249 g/mol. The van der Waals surface area contributed by atoms with Crippen molar-refractivity contribution < 1.29 is 9.15 Å². The van der Waals surface area contributed by atoms with Gasteiger partial charge >= 0.3 is 5.76 Å². The van der Waals surface area contributed by atoms with Gasteiger partial charge in [0.15, 0.2) is 5.58 Å². The van der Waals surface area contributed by atoms with Crippen molar-refractivity contribution in [3.8, 4) is 0 Å². The number of anilines is 1. The minimum absolute atomic E-state index is 0.317. The molecule has 6 heteroatoms. The molecule has 1 aromatic heterocycles. The first-order valence-electron chi connectivity index (χ1n) is 5.99. The second-order valence-electron chi connectivity index (χ2n) is 4.33. The second-order valence-corrected chi connectivity index (χ2v) is 4.33. The van der Waals surface area contributed by atoms with Crippen molar-refractivity contribution in [2.45, 2.75) is 6.04 Å². The van der Waals surface area contributed by atoms with E-state index in [-0.39, 0.29) is 0 Å². The van der Waals surface area contributed by atoms with E-state index in [2.05, 4.69) is 15.6 Å². The lowest BCUT2D eigenvalue weighted by atomic mass is 10.2. The number of rotatable bonds is 3. The van der Waals surface area contributed by atoms with Crippen LogP contribution in [0.15, 0.2) is 27.4 Å². The normalized spacial score (nSPS) is 20.1. The van der Waals surface area contributed by atoms with Crippen molar-refractivity contribution in [1.29, 1.82) is 0 Å². The van der Waals surface area contributed by atoms with Crippen LogP contribution in [0.25, 0.3) is 11.1 Å². The Balaban J connectivity index is 1.68. The van der Waals surface area contributed by atoms with Gasteiger partial charge in [-0.2, -0.15) is 0 Å². The number of aromatic amines is 1. The van der Waals surface area contributed by atoms with Crippen LogP contribution in [-0.4, -0.2) is 37.3 Å². The highest BCUT2D eigenvalue weighted by molar-refractivity contribution is 5.76. The van der Waals surface area contributed by atoms with Gasteiger partial charge in [0.1, 0.15) is 0 Å². The molecule has 0 amide bonds. The predicted octanol–water partition coefficient (Wildman–Crippen LogP) is 0.521. The average molecular weight is 249 g/mol. The molecule has 6 nitrogen and oxygen atoms in total. The molecule has 1 unspecified atom stereocenters. The molecule has 2 aromatic rings. The Morgan fingerprint density at radius 2 is 2.39 bits per heavy atom. The minimum Gasteiger partial charge on any atom is -0.408 e. The topological polar surface area (TPSA) is 79.3 Å². The Labute approximate surface area is 103 Å². The summed E-state index contributed by atoms with van der Waals surface area (Å²) in [5, 5.41) is 6.68. The van der Waals surface area contributed by atoms with Crippen LogP contribution in [0.4, 0.5) is 5.69 Å². The molecule has 18 heavy (non-hydrogen) atoms. The Morgan fingerprint density at radius 1 is 1.44 bits per heavy atom. The van der Waals surface area contributed by atoms with E-state index >= 15 is 0 Å². The Hall–Kier alpha value is -1.79. The second kappa shape index (κ2) is 4.83. The molecule has 0 saturated carbocycles. The van der Waals surface area contributed by atoms with E-state index in [1.807, 2.05) is 12.1 Å². The maximum Gasteiger partial charge on any atom is 0.417 e. The van der Waals surface area contributed by atoms with E-state index in [0.29, 0.717) is 17.1 Å². The molecule has 1 aromatic carbocycles. The summed E-state index contributed by atoms with van der Waals surface area (Å²) in [4.78, 5) is 13.7. The van der Waals surface area contributed by atoms with Crippen molar-refractivity contribution in [2.75, 3.05) is 31.6 Å². The third-order valence-corrected chi connectivity index (χ3v) is 2.97. The quantitative estimate of drug-likeness (QED) is 0.739. The fourth-order valence-corrected chi connectivity index (χ4v) is 2.05. The van der Waals surface area contributed by atoms with Crippen LogP contribution >= 0.6 is 0 Å². The van der Waals surface area contributed by atoms with E-state index in [1.165, 1.54) is 0 Å². The van der Waals surface area contributed by atoms with Crippen molar-refractivity contribution in [1.82, 2.24) is 10.3 Å². The van der Waals surface area contributed by atoms with E-state index in [1.54, 1.807) is 6.07 Å². The van der Waals surface area contributed by atoms with E-state index in [9.17, 15) is 4.79 Å². The molecule has 0 bridgehead atoms. The predicted molar refractivity (Wildman–Crippen MR) is 67.9 cm³/mol. The number of ether oxygens (including phenoxy) is 1. The third-order valence-electron chi connectivity index (χ3n) is 2.97. The van der Waals surface area contributed by atoms with Gasteiger partial charge in [0.2, 0.25) is 0 Å². The van der Waals surface area contributed by atoms with Gasteiger partial charge in [-0.05, 0) is 18.2 Å². The highest BCUT2D eigenvalue weighted by atomic mass is 16.5. The number of benzene rings is 1. The summed E-state index contributed by atoms with van der Waals surface area (Å²) in [6.07, 6.45) is 0. The smallest absolute Gasteiger partial charge is 0.408 e. The number of nitrogens with one attached hydrogen (secondary N) is 3. The molecule has 1 fully saturated rings. The van der Waals surface area contributed by atoms with Crippen LogP contribution in [0.3, 0.4) is 0 Å². The summed E-state index contributed by atoms with van der Waals surface area (Å²) in [5.41, 5.74) is 2.23. The first-order valence-corrected chi connectivity index (χ1v) is 5.99. The fourth-order valence-electron chi connectivity index (χ4n) is 2.05. The molecular weight excluding hydrogens is 234 g/mol. The van der Waals surface area contributed by atoms with E-state index in [4.69, 9.17) is 9.15 Å². The van der Waals surface area contributed by atoms with E-state index in [0.717, 1.165) is 32.0 Å². The molecule has 1 atom stereocenters. The molecule has 1 aliphatic heterocycles. The molecule has 1 aliphatic rings.